The van der Waals surface area contributed by atoms with Crippen LogP contribution < -0.4 is 4.90 Å². The van der Waals surface area contributed by atoms with Crippen molar-refractivity contribution in [1.82, 2.24) is 14.9 Å². The van der Waals surface area contributed by atoms with Gasteiger partial charge in [0, 0.05) is 50.7 Å². The first kappa shape index (κ1) is 15.8. The molecule has 0 saturated carbocycles. The molecule has 2 aromatic heterocycles. The zero-order valence-electron chi connectivity index (χ0n) is 14.3. The van der Waals surface area contributed by atoms with Crippen LogP contribution in [0.3, 0.4) is 0 Å². The average molecular weight is 330 g/mol. The quantitative estimate of drug-likeness (QED) is 0.733. The number of anilines is 1. The number of piperazine rings is 1. The van der Waals surface area contributed by atoms with E-state index in [0.29, 0.717) is 0 Å². The Hall–Kier alpha value is -2.72. The fourth-order valence-corrected chi connectivity index (χ4v) is 3.28. The lowest BCUT2D eigenvalue weighted by Gasteiger charge is -2.35. The van der Waals surface area contributed by atoms with Crippen LogP contribution >= 0.6 is 0 Å². The van der Waals surface area contributed by atoms with Crippen LogP contribution in [0.2, 0.25) is 0 Å². The van der Waals surface area contributed by atoms with Crippen molar-refractivity contribution in [2.24, 2.45) is 0 Å². The van der Waals surface area contributed by atoms with Gasteiger partial charge in [-0.05, 0) is 29.8 Å². The average Bonchev–Trinajstić information content (AvgIpc) is 2.71. The van der Waals surface area contributed by atoms with Gasteiger partial charge in [-0.15, -0.1) is 0 Å². The Morgan fingerprint density at radius 3 is 2.32 bits per heavy atom. The van der Waals surface area contributed by atoms with Crippen LogP contribution in [0.15, 0.2) is 73.2 Å². The van der Waals surface area contributed by atoms with Gasteiger partial charge in [0.15, 0.2) is 0 Å². The van der Waals surface area contributed by atoms with Crippen LogP contribution in [0, 0.1) is 0 Å². The zero-order chi connectivity index (χ0) is 16.9. The summed E-state index contributed by atoms with van der Waals surface area (Å²) in [5.41, 5.74) is 4.78. The summed E-state index contributed by atoms with van der Waals surface area (Å²) in [7, 11) is 0. The molecule has 1 aliphatic heterocycles. The van der Waals surface area contributed by atoms with Gasteiger partial charge >= 0.3 is 0 Å². The molecule has 0 atom stereocenters. The molecular weight excluding hydrogens is 308 g/mol. The van der Waals surface area contributed by atoms with E-state index in [9.17, 15) is 0 Å². The molecule has 3 aromatic rings. The molecular formula is C21H22N4. The van der Waals surface area contributed by atoms with E-state index in [1.807, 2.05) is 42.9 Å². The molecule has 1 fully saturated rings. The second kappa shape index (κ2) is 7.45. The highest BCUT2D eigenvalue weighted by Gasteiger charge is 2.17. The van der Waals surface area contributed by atoms with E-state index >= 15 is 0 Å². The van der Waals surface area contributed by atoms with Crippen molar-refractivity contribution in [3.8, 4) is 11.3 Å². The Kier molecular flexibility index (Phi) is 4.70. The van der Waals surface area contributed by atoms with Gasteiger partial charge in [0.2, 0.25) is 0 Å². The summed E-state index contributed by atoms with van der Waals surface area (Å²) in [6.45, 7) is 5.27. The number of pyridine rings is 2. The van der Waals surface area contributed by atoms with E-state index in [1.54, 1.807) is 0 Å². The van der Waals surface area contributed by atoms with Crippen molar-refractivity contribution in [3.63, 3.8) is 0 Å². The maximum absolute atomic E-state index is 4.41. The van der Waals surface area contributed by atoms with Gasteiger partial charge < -0.3 is 4.90 Å². The number of hydrogen-bond acceptors (Lipinski definition) is 4. The zero-order valence-corrected chi connectivity index (χ0v) is 14.3. The van der Waals surface area contributed by atoms with Gasteiger partial charge in [-0.25, -0.2) is 0 Å². The van der Waals surface area contributed by atoms with Crippen molar-refractivity contribution in [2.75, 3.05) is 31.1 Å². The molecule has 25 heavy (non-hydrogen) atoms. The Morgan fingerprint density at radius 1 is 0.800 bits per heavy atom. The van der Waals surface area contributed by atoms with Crippen LogP contribution in [-0.4, -0.2) is 41.0 Å². The fourth-order valence-electron chi connectivity index (χ4n) is 3.28. The normalized spacial score (nSPS) is 15.3. The summed E-state index contributed by atoms with van der Waals surface area (Å²) in [6.07, 6.45) is 5.62. The van der Waals surface area contributed by atoms with E-state index in [1.165, 1.54) is 16.8 Å². The fraction of sp³-hybridized carbons (Fsp3) is 0.238. The second-order valence-corrected chi connectivity index (χ2v) is 6.39. The Bertz CT molecular complexity index is 779. The molecule has 4 nitrogen and oxygen atoms in total. The number of benzene rings is 1. The standard InChI is InChI=1S/C21H22N4/c1-2-11-23-21(5-1)19-8-6-18(7-9-19)17-24-12-14-25(15-13-24)20-4-3-10-22-16-20/h1-11,16H,12-15,17H2. The van der Waals surface area contributed by atoms with Crippen molar-refractivity contribution >= 4 is 5.69 Å². The lowest BCUT2D eigenvalue weighted by Crippen LogP contribution is -2.45. The van der Waals surface area contributed by atoms with Gasteiger partial charge in [-0.1, -0.05) is 30.3 Å². The predicted octanol–water partition coefficient (Wildman–Crippen LogP) is 3.47. The molecule has 0 amide bonds. The molecule has 0 aliphatic carbocycles. The summed E-state index contributed by atoms with van der Waals surface area (Å²) in [4.78, 5) is 13.6. The monoisotopic (exact) mass is 330 g/mol. The molecule has 0 N–H and O–H groups in total. The number of nitrogens with zero attached hydrogens (tertiary/aromatic N) is 4. The first-order chi connectivity index (χ1) is 12.4. The first-order valence-electron chi connectivity index (χ1n) is 8.76. The molecule has 4 rings (SSSR count). The molecule has 3 heterocycles. The molecule has 4 heteroatoms. The minimum Gasteiger partial charge on any atom is -0.368 e. The van der Waals surface area contributed by atoms with Crippen LogP contribution in [0.25, 0.3) is 11.3 Å². The molecule has 1 aliphatic rings. The molecule has 1 aromatic carbocycles. The largest absolute Gasteiger partial charge is 0.368 e. The summed E-state index contributed by atoms with van der Waals surface area (Å²) in [6, 6.07) is 18.9. The van der Waals surface area contributed by atoms with E-state index in [4.69, 9.17) is 0 Å². The molecule has 1 saturated heterocycles. The lowest BCUT2D eigenvalue weighted by molar-refractivity contribution is 0.250. The Morgan fingerprint density at radius 2 is 1.64 bits per heavy atom. The highest BCUT2D eigenvalue weighted by molar-refractivity contribution is 5.59. The topological polar surface area (TPSA) is 32.3 Å². The number of aromatic nitrogens is 2. The summed E-state index contributed by atoms with van der Waals surface area (Å²) in [5, 5.41) is 0. The third kappa shape index (κ3) is 3.86. The lowest BCUT2D eigenvalue weighted by atomic mass is 10.1. The molecule has 126 valence electrons. The minimum atomic E-state index is 1.00. The minimum absolute atomic E-state index is 1.00. The maximum Gasteiger partial charge on any atom is 0.0701 e. The van der Waals surface area contributed by atoms with Gasteiger partial charge in [0.05, 0.1) is 17.6 Å². The van der Waals surface area contributed by atoms with Crippen LogP contribution in [0.1, 0.15) is 5.56 Å². The molecule has 0 spiro atoms. The molecule has 0 unspecified atom stereocenters. The molecule has 0 radical (unpaired) electrons. The SMILES string of the molecule is c1ccc(-c2ccc(CN3CCN(c4cccnc4)CC3)cc2)nc1. The predicted molar refractivity (Wildman–Crippen MR) is 101 cm³/mol. The Balaban J connectivity index is 1.34. The first-order valence-corrected chi connectivity index (χ1v) is 8.76. The summed E-state index contributed by atoms with van der Waals surface area (Å²) < 4.78 is 0. The molecule has 0 bridgehead atoms. The number of rotatable bonds is 4. The van der Waals surface area contributed by atoms with Crippen molar-refractivity contribution < 1.29 is 0 Å². The van der Waals surface area contributed by atoms with Crippen molar-refractivity contribution in [1.29, 1.82) is 0 Å². The van der Waals surface area contributed by atoms with Gasteiger partial charge in [0.25, 0.3) is 0 Å². The second-order valence-electron chi connectivity index (χ2n) is 6.39. The summed E-state index contributed by atoms with van der Waals surface area (Å²) in [5.74, 6) is 0. The van der Waals surface area contributed by atoms with Gasteiger partial charge in [-0.2, -0.15) is 0 Å². The van der Waals surface area contributed by atoms with E-state index < -0.39 is 0 Å². The smallest absolute Gasteiger partial charge is 0.0701 e. The summed E-state index contributed by atoms with van der Waals surface area (Å²) >= 11 is 0. The number of hydrogen-bond donors (Lipinski definition) is 0. The van der Waals surface area contributed by atoms with Crippen LogP contribution in [0.5, 0.6) is 0 Å². The third-order valence-corrected chi connectivity index (χ3v) is 4.70. The van der Waals surface area contributed by atoms with Crippen molar-refractivity contribution in [3.05, 3.63) is 78.8 Å². The third-order valence-electron chi connectivity index (χ3n) is 4.70. The maximum atomic E-state index is 4.41. The highest BCUT2D eigenvalue weighted by atomic mass is 15.3. The van der Waals surface area contributed by atoms with Crippen LogP contribution in [0.4, 0.5) is 5.69 Å². The highest BCUT2D eigenvalue weighted by Crippen LogP contribution is 2.19. The van der Waals surface area contributed by atoms with Crippen LogP contribution in [-0.2, 0) is 6.54 Å². The van der Waals surface area contributed by atoms with E-state index in [2.05, 4.69) is 50.1 Å². The van der Waals surface area contributed by atoms with Gasteiger partial charge in [-0.3, -0.25) is 14.9 Å². The van der Waals surface area contributed by atoms with Gasteiger partial charge in [0.1, 0.15) is 0 Å². The van der Waals surface area contributed by atoms with Crippen molar-refractivity contribution in [2.45, 2.75) is 6.54 Å². The van der Waals surface area contributed by atoms with E-state index in [0.717, 1.165) is 38.4 Å². The Labute approximate surface area is 148 Å². The van der Waals surface area contributed by atoms with E-state index in [-0.39, 0.29) is 0 Å².